The first-order valence-corrected chi connectivity index (χ1v) is 6.97. The molecular weight excluding hydrogens is 206 g/mol. The van der Waals surface area contributed by atoms with Crippen LogP contribution in [0.25, 0.3) is 0 Å². The quantitative estimate of drug-likeness (QED) is 0.835. The van der Waals surface area contributed by atoms with Crippen molar-refractivity contribution in [3.63, 3.8) is 0 Å². The van der Waals surface area contributed by atoms with E-state index in [0.29, 0.717) is 12.0 Å². The topological polar surface area (TPSA) is 12.0 Å². The lowest BCUT2D eigenvalue weighted by Gasteiger charge is -2.28. The van der Waals surface area contributed by atoms with Crippen molar-refractivity contribution in [3.05, 3.63) is 35.4 Å². The fraction of sp³-hybridized carbons (Fsp3) is 0.625. The second-order valence-corrected chi connectivity index (χ2v) is 5.85. The van der Waals surface area contributed by atoms with E-state index >= 15 is 0 Å². The normalized spacial score (nSPS) is 25.2. The molecule has 1 fully saturated rings. The van der Waals surface area contributed by atoms with Gasteiger partial charge in [-0.05, 0) is 55.7 Å². The van der Waals surface area contributed by atoms with E-state index in [0.717, 1.165) is 5.92 Å². The lowest BCUT2D eigenvalue weighted by atomic mass is 9.87. The SMILES string of the molecule is CC1CC(Cc2ccc(C(C)C)cc2)CCN1. The zero-order valence-electron chi connectivity index (χ0n) is 11.4. The molecule has 2 rings (SSSR count). The molecule has 1 heterocycles. The van der Waals surface area contributed by atoms with Crippen LogP contribution < -0.4 is 5.32 Å². The van der Waals surface area contributed by atoms with E-state index in [-0.39, 0.29) is 0 Å². The Hall–Kier alpha value is -0.820. The molecule has 1 aromatic rings. The Labute approximate surface area is 106 Å². The predicted octanol–water partition coefficient (Wildman–Crippen LogP) is 3.74. The fourth-order valence-electron chi connectivity index (χ4n) is 2.79. The van der Waals surface area contributed by atoms with Gasteiger partial charge in [-0.2, -0.15) is 0 Å². The monoisotopic (exact) mass is 231 g/mol. The maximum Gasteiger partial charge on any atom is 0.00414 e. The smallest absolute Gasteiger partial charge is 0.00414 e. The van der Waals surface area contributed by atoms with Crippen molar-refractivity contribution in [1.29, 1.82) is 0 Å². The van der Waals surface area contributed by atoms with E-state index in [1.807, 2.05) is 0 Å². The Morgan fingerprint density at radius 2 is 1.94 bits per heavy atom. The number of hydrogen-bond donors (Lipinski definition) is 1. The summed E-state index contributed by atoms with van der Waals surface area (Å²) in [6.45, 7) is 8.00. The van der Waals surface area contributed by atoms with Gasteiger partial charge in [0, 0.05) is 6.04 Å². The van der Waals surface area contributed by atoms with Crippen LogP contribution in [0.2, 0.25) is 0 Å². The van der Waals surface area contributed by atoms with Crippen LogP contribution in [0.1, 0.15) is 50.7 Å². The van der Waals surface area contributed by atoms with Crippen LogP contribution in [-0.4, -0.2) is 12.6 Å². The average molecular weight is 231 g/mol. The molecule has 94 valence electrons. The highest BCUT2D eigenvalue weighted by molar-refractivity contribution is 5.25. The summed E-state index contributed by atoms with van der Waals surface area (Å²) in [6.07, 6.45) is 3.91. The average Bonchev–Trinajstić information content (AvgIpc) is 2.29. The Bertz CT molecular complexity index is 339. The lowest BCUT2D eigenvalue weighted by Crippen LogP contribution is -2.36. The molecule has 1 aromatic carbocycles. The highest BCUT2D eigenvalue weighted by Gasteiger charge is 2.18. The Morgan fingerprint density at radius 3 is 2.53 bits per heavy atom. The summed E-state index contributed by atoms with van der Waals surface area (Å²) >= 11 is 0. The van der Waals surface area contributed by atoms with E-state index in [1.54, 1.807) is 0 Å². The Morgan fingerprint density at radius 1 is 1.24 bits per heavy atom. The first-order valence-electron chi connectivity index (χ1n) is 6.97. The van der Waals surface area contributed by atoms with Crippen molar-refractivity contribution in [2.45, 2.75) is 52.0 Å². The van der Waals surface area contributed by atoms with Crippen LogP contribution in [0.5, 0.6) is 0 Å². The predicted molar refractivity (Wildman–Crippen MR) is 74.4 cm³/mol. The van der Waals surface area contributed by atoms with E-state index in [1.165, 1.54) is 36.9 Å². The molecule has 2 atom stereocenters. The number of nitrogens with one attached hydrogen (secondary N) is 1. The Balaban J connectivity index is 1.94. The molecule has 17 heavy (non-hydrogen) atoms. The van der Waals surface area contributed by atoms with Gasteiger partial charge in [0.15, 0.2) is 0 Å². The third-order valence-corrected chi connectivity index (χ3v) is 3.90. The summed E-state index contributed by atoms with van der Waals surface area (Å²) in [4.78, 5) is 0. The molecule has 0 aliphatic carbocycles. The lowest BCUT2D eigenvalue weighted by molar-refractivity contribution is 0.314. The number of rotatable bonds is 3. The maximum absolute atomic E-state index is 3.52. The van der Waals surface area contributed by atoms with Crippen LogP contribution in [-0.2, 0) is 6.42 Å². The highest BCUT2D eigenvalue weighted by atomic mass is 14.9. The van der Waals surface area contributed by atoms with Crippen molar-refractivity contribution in [1.82, 2.24) is 5.32 Å². The third kappa shape index (κ3) is 3.57. The molecule has 1 aliphatic rings. The van der Waals surface area contributed by atoms with Gasteiger partial charge in [0.25, 0.3) is 0 Å². The van der Waals surface area contributed by atoms with Gasteiger partial charge in [0.05, 0.1) is 0 Å². The van der Waals surface area contributed by atoms with Gasteiger partial charge in [-0.3, -0.25) is 0 Å². The van der Waals surface area contributed by atoms with Crippen LogP contribution in [0.3, 0.4) is 0 Å². The molecular formula is C16H25N. The van der Waals surface area contributed by atoms with Gasteiger partial charge in [-0.15, -0.1) is 0 Å². The summed E-state index contributed by atoms with van der Waals surface area (Å²) in [7, 11) is 0. The van der Waals surface area contributed by atoms with Gasteiger partial charge >= 0.3 is 0 Å². The second kappa shape index (κ2) is 5.68. The van der Waals surface area contributed by atoms with Crippen LogP contribution in [0, 0.1) is 5.92 Å². The van der Waals surface area contributed by atoms with Gasteiger partial charge < -0.3 is 5.32 Å². The minimum atomic E-state index is 0.642. The van der Waals surface area contributed by atoms with Crippen molar-refractivity contribution < 1.29 is 0 Å². The number of hydrogen-bond acceptors (Lipinski definition) is 1. The van der Waals surface area contributed by atoms with E-state index in [2.05, 4.69) is 50.4 Å². The molecule has 0 bridgehead atoms. The highest BCUT2D eigenvalue weighted by Crippen LogP contribution is 2.22. The fourth-order valence-corrected chi connectivity index (χ4v) is 2.79. The van der Waals surface area contributed by atoms with Crippen molar-refractivity contribution in [2.75, 3.05) is 6.54 Å². The molecule has 0 saturated carbocycles. The Kier molecular flexibility index (Phi) is 4.22. The molecule has 0 amide bonds. The number of benzene rings is 1. The van der Waals surface area contributed by atoms with Crippen LogP contribution >= 0.6 is 0 Å². The van der Waals surface area contributed by atoms with E-state index in [9.17, 15) is 0 Å². The summed E-state index contributed by atoms with van der Waals surface area (Å²) in [5.41, 5.74) is 2.96. The molecule has 1 aliphatic heterocycles. The van der Waals surface area contributed by atoms with Gasteiger partial charge in [0.1, 0.15) is 0 Å². The van der Waals surface area contributed by atoms with E-state index in [4.69, 9.17) is 0 Å². The van der Waals surface area contributed by atoms with Gasteiger partial charge in [0.2, 0.25) is 0 Å². The summed E-state index contributed by atoms with van der Waals surface area (Å²) in [5.74, 6) is 1.51. The maximum atomic E-state index is 3.52. The largest absolute Gasteiger partial charge is 0.314 e. The summed E-state index contributed by atoms with van der Waals surface area (Å²) < 4.78 is 0. The standard InChI is InChI=1S/C16H25N/c1-12(2)16-6-4-14(5-7-16)11-15-8-9-17-13(3)10-15/h4-7,12-13,15,17H,8-11H2,1-3H3. The molecule has 0 aromatic heterocycles. The molecule has 0 radical (unpaired) electrons. The first-order chi connectivity index (χ1) is 8.15. The summed E-state index contributed by atoms with van der Waals surface area (Å²) in [6, 6.07) is 9.93. The van der Waals surface area contributed by atoms with E-state index < -0.39 is 0 Å². The van der Waals surface area contributed by atoms with Crippen LogP contribution in [0.15, 0.2) is 24.3 Å². The molecule has 1 heteroatoms. The first kappa shape index (κ1) is 12.6. The van der Waals surface area contributed by atoms with Crippen molar-refractivity contribution in [2.24, 2.45) is 5.92 Å². The zero-order chi connectivity index (χ0) is 12.3. The van der Waals surface area contributed by atoms with Crippen LogP contribution in [0.4, 0.5) is 0 Å². The van der Waals surface area contributed by atoms with Crippen molar-refractivity contribution in [3.8, 4) is 0 Å². The third-order valence-electron chi connectivity index (χ3n) is 3.90. The molecule has 1 nitrogen and oxygen atoms in total. The number of piperidine rings is 1. The molecule has 1 saturated heterocycles. The van der Waals surface area contributed by atoms with Gasteiger partial charge in [-0.1, -0.05) is 38.1 Å². The second-order valence-electron chi connectivity index (χ2n) is 5.85. The molecule has 0 spiro atoms. The zero-order valence-corrected chi connectivity index (χ0v) is 11.4. The summed E-state index contributed by atoms with van der Waals surface area (Å²) in [5, 5.41) is 3.52. The minimum absolute atomic E-state index is 0.642. The van der Waals surface area contributed by atoms with Gasteiger partial charge in [-0.25, -0.2) is 0 Å². The molecule has 2 unspecified atom stereocenters. The molecule has 1 N–H and O–H groups in total. The minimum Gasteiger partial charge on any atom is -0.314 e. The van der Waals surface area contributed by atoms with Crippen molar-refractivity contribution >= 4 is 0 Å².